The molecule has 0 spiro atoms. The van der Waals surface area contributed by atoms with E-state index in [9.17, 15) is 4.79 Å². The van der Waals surface area contributed by atoms with Crippen LogP contribution in [-0.4, -0.2) is 16.1 Å². The lowest BCUT2D eigenvalue weighted by atomic mass is 9.96. The minimum absolute atomic E-state index is 0.101. The molecule has 0 amide bonds. The molecule has 3 heteroatoms. The molecule has 0 saturated carbocycles. The van der Waals surface area contributed by atoms with Crippen molar-refractivity contribution in [2.24, 2.45) is 0 Å². The van der Waals surface area contributed by atoms with Gasteiger partial charge in [0.2, 0.25) is 0 Å². The van der Waals surface area contributed by atoms with Gasteiger partial charge >= 0.3 is 5.97 Å². The standard InChI is InChI=1S/C16H17NO2/c1-9-6-13-12(8-16(18)19)11-4-3-5-14(11)17-15(13)7-10(9)2/h6-7H,3-5,8H2,1-2H3,(H,18,19). The SMILES string of the molecule is Cc1cc2nc3c(c(CC(=O)O)c2cc1C)CCC3. The molecular weight excluding hydrogens is 238 g/mol. The highest BCUT2D eigenvalue weighted by molar-refractivity contribution is 5.89. The molecule has 1 heterocycles. The monoisotopic (exact) mass is 255 g/mol. The van der Waals surface area contributed by atoms with Crippen LogP contribution in [0.25, 0.3) is 10.9 Å². The topological polar surface area (TPSA) is 50.2 Å². The number of carboxylic acid groups (broad SMARTS) is 1. The fourth-order valence-corrected chi connectivity index (χ4v) is 2.97. The summed E-state index contributed by atoms with van der Waals surface area (Å²) in [6.45, 7) is 4.13. The molecule has 0 unspecified atom stereocenters. The van der Waals surface area contributed by atoms with E-state index >= 15 is 0 Å². The highest BCUT2D eigenvalue weighted by Crippen LogP contribution is 2.31. The Balaban J connectivity index is 2.34. The van der Waals surface area contributed by atoms with Gasteiger partial charge in [-0.1, -0.05) is 0 Å². The zero-order valence-corrected chi connectivity index (χ0v) is 11.3. The summed E-state index contributed by atoms with van der Waals surface area (Å²) < 4.78 is 0. The number of pyridine rings is 1. The molecule has 0 saturated heterocycles. The third-order valence-corrected chi connectivity index (χ3v) is 4.07. The van der Waals surface area contributed by atoms with E-state index in [1.807, 2.05) is 0 Å². The fraction of sp³-hybridized carbons (Fsp3) is 0.375. The smallest absolute Gasteiger partial charge is 0.307 e. The largest absolute Gasteiger partial charge is 0.481 e. The van der Waals surface area contributed by atoms with Crippen LogP contribution in [-0.2, 0) is 24.1 Å². The molecule has 98 valence electrons. The van der Waals surface area contributed by atoms with Crippen LogP contribution in [0.3, 0.4) is 0 Å². The normalized spacial score (nSPS) is 13.8. The Labute approximate surface area is 112 Å². The molecule has 3 nitrogen and oxygen atoms in total. The number of hydrogen-bond donors (Lipinski definition) is 1. The van der Waals surface area contributed by atoms with E-state index < -0.39 is 5.97 Å². The van der Waals surface area contributed by atoms with Crippen molar-refractivity contribution < 1.29 is 9.90 Å². The summed E-state index contributed by atoms with van der Waals surface area (Å²) in [6.07, 6.45) is 3.13. The number of aliphatic carboxylic acids is 1. The lowest BCUT2D eigenvalue weighted by Crippen LogP contribution is -2.06. The molecule has 19 heavy (non-hydrogen) atoms. The molecule has 0 fully saturated rings. The van der Waals surface area contributed by atoms with Crippen molar-refractivity contribution in [2.75, 3.05) is 0 Å². The minimum atomic E-state index is -0.764. The number of aryl methyl sites for hydroxylation is 3. The van der Waals surface area contributed by atoms with Gasteiger partial charge in [-0.25, -0.2) is 0 Å². The first-order valence-electron chi connectivity index (χ1n) is 6.69. The molecule has 1 aromatic carbocycles. The zero-order chi connectivity index (χ0) is 13.6. The van der Waals surface area contributed by atoms with Gasteiger partial charge in [0.15, 0.2) is 0 Å². The van der Waals surface area contributed by atoms with Crippen molar-refractivity contribution in [3.8, 4) is 0 Å². The highest BCUT2D eigenvalue weighted by atomic mass is 16.4. The maximum absolute atomic E-state index is 11.1. The Morgan fingerprint density at radius 3 is 2.74 bits per heavy atom. The molecular formula is C16H17NO2. The highest BCUT2D eigenvalue weighted by Gasteiger charge is 2.21. The molecule has 0 atom stereocenters. The van der Waals surface area contributed by atoms with E-state index in [2.05, 4.69) is 26.0 Å². The van der Waals surface area contributed by atoms with Crippen LogP contribution in [0.2, 0.25) is 0 Å². The first kappa shape index (κ1) is 12.2. The fourth-order valence-electron chi connectivity index (χ4n) is 2.97. The number of aromatic nitrogens is 1. The molecule has 1 aliphatic carbocycles. The predicted molar refractivity (Wildman–Crippen MR) is 74.6 cm³/mol. The number of rotatable bonds is 2. The molecule has 1 N–H and O–H groups in total. The van der Waals surface area contributed by atoms with E-state index in [0.29, 0.717) is 0 Å². The Kier molecular flexibility index (Phi) is 2.77. The predicted octanol–water partition coefficient (Wildman–Crippen LogP) is 2.97. The average Bonchev–Trinajstić information content (AvgIpc) is 2.79. The molecule has 2 aromatic rings. The van der Waals surface area contributed by atoms with Gasteiger partial charge in [-0.2, -0.15) is 0 Å². The summed E-state index contributed by atoms with van der Waals surface area (Å²) in [4.78, 5) is 15.9. The summed E-state index contributed by atoms with van der Waals surface area (Å²) in [5.74, 6) is -0.764. The molecule has 0 radical (unpaired) electrons. The summed E-state index contributed by atoms with van der Waals surface area (Å²) >= 11 is 0. The second-order valence-electron chi connectivity index (χ2n) is 5.39. The first-order chi connectivity index (χ1) is 9.06. The lowest BCUT2D eigenvalue weighted by molar-refractivity contribution is -0.136. The second kappa shape index (κ2) is 4.34. The van der Waals surface area contributed by atoms with Gasteiger partial charge in [-0.3, -0.25) is 9.78 Å². The van der Waals surface area contributed by atoms with Gasteiger partial charge in [0.1, 0.15) is 0 Å². The van der Waals surface area contributed by atoms with Crippen LogP contribution in [0.4, 0.5) is 0 Å². The van der Waals surface area contributed by atoms with E-state index in [0.717, 1.165) is 41.4 Å². The second-order valence-corrected chi connectivity index (χ2v) is 5.39. The van der Waals surface area contributed by atoms with Crippen LogP contribution in [0.1, 0.15) is 34.4 Å². The molecule has 0 bridgehead atoms. The zero-order valence-electron chi connectivity index (χ0n) is 11.3. The number of carbonyl (C=O) groups is 1. The summed E-state index contributed by atoms with van der Waals surface area (Å²) in [6, 6.07) is 4.17. The van der Waals surface area contributed by atoms with Gasteiger partial charge < -0.3 is 5.11 Å². The Bertz CT molecular complexity index is 689. The summed E-state index contributed by atoms with van der Waals surface area (Å²) in [5.41, 5.74) is 6.61. The molecule has 1 aromatic heterocycles. The molecule has 3 rings (SSSR count). The van der Waals surface area contributed by atoms with Crippen LogP contribution >= 0.6 is 0 Å². The van der Waals surface area contributed by atoms with Crippen molar-refractivity contribution in [3.63, 3.8) is 0 Å². The number of fused-ring (bicyclic) bond motifs is 2. The van der Waals surface area contributed by atoms with Gasteiger partial charge in [0.25, 0.3) is 0 Å². The summed E-state index contributed by atoms with van der Waals surface area (Å²) in [7, 11) is 0. The molecule has 0 aliphatic heterocycles. The number of nitrogens with zero attached hydrogens (tertiary/aromatic N) is 1. The van der Waals surface area contributed by atoms with Gasteiger partial charge in [0.05, 0.1) is 11.9 Å². The number of hydrogen-bond acceptors (Lipinski definition) is 2. The van der Waals surface area contributed by atoms with Crippen molar-refractivity contribution >= 4 is 16.9 Å². The van der Waals surface area contributed by atoms with Gasteiger partial charge in [-0.15, -0.1) is 0 Å². The molecule has 1 aliphatic rings. The number of benzene rings is 1. The maximum Gasteiger partial charge on any atom is 0.307 e. The first-order valence-corrected chi connectivity index (χ1v) is 6.69. The maximum atomic E-state index is 11.1. The lowest BCUT2D eigenvalue weighted by Gasteiger charge is -2.12. The number of carboxylic acids is 1. The van der Waals surface area contributed by atoms with E-state index in [1.54, 1.807) is 0 Å². The Hall–Kier alpha value is -1.90. The van der Waals surface area contributed by atoms with Gasteiger partial charge in [0, 0.05) is 11.1 Å². The van der Waals surface area contributed by atoms with Gasteiger partial charge in [-0.05, 0) is 67.5 Å². The van der Waals surface area contributed by atoms with Crippen LogP contribution < -0.4 is 0 Å². The minimum Gasteiger partial charge on any atom is -0.481 e. The van der Waals surface area contributed by atoms with Crippen molar-refractivity contribution in [1.82, 2.24) is 4.98 Å². The third-order valence-electron chi connectivity index (χ3n) is 4.07. The summed E-state index contributed by atoms with van der Waals surface area (Å²) in [5, 5.41) is 10.2. The van der Waals surface area contributed by atoms with Crippen LogP contribution in [0, 0.1) is 13.8 Å². The quantitative estimate of drug-likeness (QED) is 0.897. The third kappa shape index (κ3) is 1.99. The van der Waals surface area contributed by atoms with Crippen molar-refractivity contribution in [1.29, 1.82) is 0 Å². The van der Waals surface area contributed by atoms with E-state index in [4.69, 9.17) is 10.1 Å². The average molecular weight is 255 g/mol. The van der Waals surface area contributed by atoms with Crippen LogP contribution in [0.15, 0.2) is 12.1 Å². The Morgan fingerprint density at radius 2 is 2.00 bits per heavy atom. The van der Waals surface area contributed by atoms with Crippen LogP contribution in [0.5, 0.6) is 0 Å². The van der Waals surface area contributed by atoms with Crippen molar-refractivity contribution in [3.05, 3.63) is 40.1 Å². The van der Waals surface area contributed by atoms with Crippen molar-refractivity contribution in [2.45, 2.75) is 39.5 Å². The van der Waals surface area contributed by atoms with E-state index in [1.165, 1.54) is 16.7 Å². The van der Waals surface area contributed by atoms with E-state index in [-0.39, 0.29) is 6.42 Å². The Morgan fingerprint density at radius 1 is 1.26 bits per heavy atom.